The maximum atomic E-state index is 13.8. The van der Waals surface area contributed by atoms with Gasteiger partial charge < -0.3 is 9.64 Å². The van der Waals surface area contributed by atoms with Crippen molar-refractivity contribution in [1.82, 2.24) is 4.90 Å². The standard InChI is InChI=1S/C17H19ClFNO3S/c1-20(12-15-16(18)7-4-8-17(15)19)9-10-24(21,22)14-6-3-5-13(11-14)23-2/h3-8,11H,9-10,12H2,1-2H3. The number of nitrogens with zero attached hydrogens (tertiary/aromatic N) is 1. The number of hydrogen-bond donors (Lipinski definition) is 0. The van der Waals surface area contributed by atoms with E-state index in [4.69, 9.17) is 16.3 Å². The Labute approximate surface area is 146 Å². The van der Waals surface area contributed by atoms with Crippen LogP contribution in [0.3, 0.4) is 0 Å². The van der Waals surface area contributed by atoms with E-state index < -0.39 is 15.7 Å². The van der Waals surface area contributed by atoms with Gasteiger partial charge in [-0.1, -0.05) is 23.7 Å². The van der Waals surface area contributed by atoms with E-state index >= 15 is 0 Å². The van der Waals surface area contributed by atoms with Gasteiger partial charge in [0.1, 0.15) is 11.6 Å². The van der Waals surface area contributed by atoms with Crippen molar-refractivity contribution in [3.63, 3.8) is 0 Å². The highest BCUT2D eigenvalue weighted by Crippen LogP contribution is 2.21. The first-order valence-electron chi connectivity index (χ1n) is 7.32. The minimum absolute atomic E-state index is 0.0806. The van der Waals surface area contributed by atoms with Crippen molar-refractivity contribution in [2.24, 2.45) is 0 Å². The molecule has 0 fully saturated rings. The third-order valence-electron chi connectivity index (χ3n) is 3.63. The highest BCUT2D eigenvalue weighted by Gasteiger charge is 2.17. The number of benzene rings is 2. The number of methoxy groups -OCH3 is 1. The molecule has 24 heavy (non-hydrogen) atoms. The molecule has 0 spiro atoms. The lowest BCUT2D eigenvalue weighted by molar-refractivity contribution is 0.339. The van der Waals surface area contributed by atoms with Crippen molar-refractivity contribution in [3.8, 4) is 5.75 Å². The lowest BCUT2D eigenvalue weighted by atomic mass is 10.2. The Morgan fingerprint density at radius 2 is 1.92 bits per heavy atom. The third kappa shape index (κ3) is 4.69. The fraction of sp³-hybridized carbons (Fsp3) is 0.294. The van der Waals surface area contributed by atoms with Gasteiger partial charge in [0.05, 0.1) is 17.8 Å². The first kappa shape index (κ1) is 18.7. The average Bonchev–Trinajstić information content (AvgIpc) is 2.56. The molecule has 0 amide bonds. The summed E-state index contributed by atoms with van der Waals surface area (Å²) in [6.45, 7) is 0.489. The minimum Gasteiger partial charge on any atom is -0.497 e. The van der Waals surface area contributed by atoms with Crippen molar-refractivity contribution in [2.45, 2.75) is 11.4 Å². The van der Waals surface area contributed by atoms with E-state index in [2.05, 4.69) is 0 Å². The lowest BCUT2D eigenvalue weighted by Gasteiger charge is -2.18. The van der Waals surface area contributed by atoms with Crippen LogP contribution in [0.25, 0.3) is 0 Å². The second-order valence-corrected chi connectivity index (χ2v) is 7.95. The molecule has 2 rings (SSSR count). The summed E-state index contributed by atoms with van der Waals surface area (Å²) in [7, 11) is -0.239. The second-order valence-electron chi connectivity index (χ2n) is 5.44. The van der Waals surface area contributed by atoms with Gasteiger partial charge in [-0.3, -0.25) is 0 Å². The molecule has 0 saturated heterocycles. The van der Waals surface area contributed by atoms with E-state index in [0.29, 0.717) is 16.3 Å². The zero-order valence-corrected chi connectivity index (χ0v) is 15.1. The highest BCUT2D eigenvalue weighted by molar-refractivity contribution is 7.91. The van der Waals surface area contributed by atoms with E-state index in [-0.39, 0.29) is 23.7 Å². The largest absolute Gasteiger partial charge is 0.497 e. The summed E-state index contributed by atoms with van der Waals surface area (Å²) in [6.07, 6.45) is 0. The third-order valence-corrected chi connectivity index (χ3v) is 5.68. The van der Waals surface area contributed by atoms with Gasteiger partial charge in [-0.25, -0.2) is 12.8 Å². The van der Waals surface area contributed by atoms with Crippen LogP contribution in [0.2, 0.25) is 5.02 Å². The van der Waals surface area contributed by atoms with Gasteiger partial charge in [0.2, 0.25) is 0 Å². The zero-order valence-electron chi connectivity index (χ0n) is 13.5. The van der Waals surface area contributed by atoms with Crippen LogP contribution in [-0.2, 0) is 16.4 Å². The minimum atomic E-state index is -3.45. The number of sulfone groups is 1. The zero-order chi connectivity index (χ0) is 17.7. The summed E-state index contributed by atoms with van der Waals surface area (Å²) in [5, 5.41) is 0.331. The fourth-order valence-corrected chi connectivity index (χ4v) is 3.81. The van der Waals surface area contributed by atoms with Crippen molar-refractivity contribution < 1.29 is 17.5 Å². The maximum Gasteiger partial charge on any atom is 0.179 e. The quantitative estimate of drug-likeness (QED) is 0.748. The summed E-state index contributed by atoms with van der Waals surface area (Å²) in [5.74, 6) is 0.00973. The predicted octanol–water partition coefficient (Wildman–Crippen LogP) is 3.39. The molecule has 0 N–H and O–H groups in total. The maximum absolute atomic E-state index is 13.8. The summed E-state index contributed by atoms with van der Waals surface area (Å²) in [5.41, 5.74) is 0.362. The number of ether oxygens (including phenoxy) is 1. The molecule has 130 valence electrons. The molecule has 0 aliphatic rings. The molecule has 0 heterocycles. The Hall–Kier alpha value is -1.63. The summed E-state index contributed by atoms with van der Waals surface area (Å²) in [6, 6.07) is 10.8. The van der Waals surface area contributed by atoms with Crippen molar-refractivity contribution in [2.75, 3.05) is 26.5 Å². The molecule has 0 saturated carbocycles. The molecule has 0 aliphatic carbocycles. The molecular weight excluding hydrogens is 353 g/mol. The lowest BCUT2D eigenvalue weighted by Crippen LogP contribution is -2.26. The van der Waals surface area contributed by atoms with Crippen LogP contribution in [0.5, 0.6) is 5.75 Å². The van der Waals surface area contributed by atoms with E-state index in [9.17, 15) is 12.8 Å². The topological polar surface area (TPSA) is 46.6 Å². The van der Waals surface area contributed by atoms with Crippen LogP contribution in [0.1, 0.15) is 5.56 Å². The molecule has 0 aliphatic heterocycles. The summed E-state index contributed by atoms with van der Waals surface area (Å²) < 4.78 is 43.7. The van der Waals surface area contributed by atoms with E-state index in [1.807, 2.05) is 0 Å². The van der Waals surface area contributed by atoms with Gasteiger partial charge in [0.25, 0.3) is 0 Å². The van der Waals surface area contributed by atoms with Crippen molar-refractivity contribution in [3.05, 3.63) is 58.9 Å². The molecule has 0 atom stereocenters. The van der Waals surface area contributed by atoms with Crippen molar-refractivity contribution >= 4 is 21.4 Å². The Morgan fingerprint density at radius 3 is 2.58 bits per heavy atom. The molecule has 4 nitrogen and oxygen atoms in total. The Balaban J connectivity index is 2.03. The monoisotopic (exact) mass is 371 g/mol. The molecular formula is C17H19ClFNO3S. The van der Waals surface area contributed by atoms with Gasteiger partial charge in [0.15, 0.2) is 9.84 Å². The molecule has 0 aromatic heterocycles. The van der Waals surface area contributed by atoms with E-state index in [1.165, 1.54) is 31.4 Å². The normalized spacial score (nSPS) is 11.7. The van der Waals surface area contributed by atoms with Crippen LogP contribution in [-0.4, -0.2) is 39.8 Å². The predicted molar refractivity (Wildman–Crippen MR) is 92.8 cm³/mol. The van der Waals surface area contributed by atoms with Crippen LogP contribution in [0, 0.1) is 5.82 Å². The van der Waals surface area contributed by atoms with E-state index in [0.717, 1.165) is 0 Å². The van der Waals surface area contributed by atoms with Gasteiger partial charge >= 0.3 is 0 Å². The molecule has 0 radical (unpaired) electrons. The van der Waals surface area contributed by atoms with Crippen LogP contribution < -0.4 is 4.74 Å². The molecule has 2 aromatic rings. The first-order valence-corrected chi connectivity index (χ1v) is 9.35. The summed E-state index contributed by atoms with van der Waals surface area (Å²) >= 11 is 5.99. The smallest absolute Gasteiger partial charge is 0.179 e. The van der Waals surface area contributed by atoms with Gasteiger partial charge in [-0.05, 0) is 37.4 Å². The SMILES string of the molecule is COc1cccc(S(=O)(=O)CCN(C)Cc2c(F)cccc2Cl)c1. The van der Waals surface area contributed by atoms with Gasteiger partial charge in [-0.2, -0.15) is 0 Å². The Morgan fingerprint density at radius 1 is 1.21 bits per heavy atom. The van der Waals surface area contributed by atoms with Gasteiger partial charge in [-0.15, -0.1) is 0 Å². The van der Waals surface area contributed by atoms with Crippen molar-refractivity contribution in [1.29, 1.82) is 0 Å². The summed E-state index contributed by atoms with van der Waals surface area (Å²) in [4.78, 5) is 1.93. The Kier molecular flexibility index (Phi) is 6.21. The first-order chi connectivity index (χ1) is 11.3. The number of rotatable bonds is 7. The second kappa shape index (κ2) is 7.96. The van der Waals surface area contributed by atoms with Crippen LogP contribution >= 0.6 is 11.6 Å². The van der Waals surface area contributed by atoms with Gasteiger partial charge in [0, 0.05) is 23.7 Å². The average molecular weight is 372 g/mol. The molecule has 0 unspecified atom stereocenters. The fourth-order valence-electron chi connectivity index (χ4n) is 2.22. The molecule has 2 aromatic carbocycles. The van der Waals surface area contributed by atoms with Crippen LogP contribution in [0.4, 0.5) is 4.39 Å². The number of hydrogen-bond acceptors (Lipinski definition) is 4. The van der Waals surface area contributed by atoms with E-state index in [1.54, 1.807) is 30.1 Å². The molecule has 0 bridgehead atoms. The number of halogens is 2. The van der Waals surface area contributed by atoms with Crippen LogP contribution in [0.15, 0.2) is 47.4 Å². The Bertz CT molecular complexity index is 791. The highest BCUT2D eigenvalue weighted by atomic mass is 35.5. The molecule has 7 heteroatoms.